The minimum Gasteiger partial charge on any atom is -0.381 e. The molecule has 1 aliphatic rings. The summed E-state index contributed by atoms with van der Waals surface area (Å²) in [6, 6.07) is 1.95. The average Bonchev–Trinajstić information content (AvgIpc) is 3.03. The van der Waals surface area contributed by atoms with Crippen LogP contribution in [0.5, 0.6) is 0 Å². The van der Waals surface area contributed by atoms with E-state index in [4.69, 9.17) is 4.74 Å². The van der Waals surface area contributed by atoms with Crippen LogP contribution in [0.25, 0.3) is 0 Å². The van der Waals surface area contributed by atoms with E-state index in [9.17, 15) is 0 Å². The molecule has 0 unspecified atom stereocenters. The van der Waals surface area contributed by atoms with Gasteiger partial charge < -0.3 is 15.0 Å². The number of H-pyrrole nitrogens is 1. The number of nitrogens with zero attached hydrogens (tertiary/aromatic N) is 3. The Bertz CT molecular complexity index is 418. The summed E-state index contributed by atoms with van der Waals surface area (Å²) < 4.78 is 5.41. The van der Waals surface area contributed by atoms with Gasteiger partial charge >= 0.3 is 0 Å². The smallest absolute Gasteiger partial charge is 0.194 e. The van der Waals surface area contributed by atoms with Gasteiger partial charge in [-0.05, 0) is 38.2 Å². The number of rotatable bonds is 6. The molecular formula is C15H28IN5O. The number of ether oxygens (including phenoxy) is 1. The lowest BCUT2D eigenvalue weighted by Gasteiger charge is -2.26. The SMILES string of the molecule is CCNC(=NCc1ccn[nH]1)N(C)CCC1CCOCC1.I. The van der Waals surface area contributed by atoms with Crippen molar-refractivity contribution in [1.82, 2.24) is 20.4 Å². The fourth-order valence-corrected chi connectivity index (χ4v) is 2.52. The zero-order valence-corrected chi connectivity index (χ0v) is 15.9. The summed E-state index contributed by atoms with van der Waals surface area (Å²) in [5.41, 5.74) is 1.03. The van der Waals surface area contributed by atoms with Crippen molar-refractivity contribution in [1.29, 1.82) is 0 Å². The van der Waals surface area contributed by atoms with Crippen molar-refractivity contribution < 1.29 is 4.74 Å². The minimum atomic E-state index is 0. The third-order valence-corrected chi connectivity index (χ3v) is 3.87. The number of halogens is 1. The van der Waals surface area contributed by atoms with Crippen LogP contribution in [-0.2, 0) is 11.3 Å². The fraction of sp³-hybridized carbons (Fsp3) is 0.733. The summed E-state index contributed by atoms with van der Waals surface area (Å²) >= 11 is 0. The van der Waals surface area contributed by atoms with Gasteiger partial charge in [-0.1, -0.05) is 0 Å². The van der Waals surface area contributed by atoms with E-state index in [0.29, 0.717) is 6.54 Å². The molecular weight excluding hydrogens is 393 g/mol. The molecule has 0 spiro atoms. The van der Waals surface area contributed by atoms with Gasteiger partial charge in [0.05, 0.1) is 12.2 Å². The van der Waals surface area contributed by atoms with Gasteiger partial charge in [0, 0.05) is 39.5 Å². The lowest BCUT2D eigenvalue weighted by molar-refractivity contribution is 0.0625. The third-order valence-electron chi connectivity index (χ3n) is 3.87. The van der Waals surface area contributed by atoms with Gasteiger partial charge in [0.25, 0.3) is 0 Å². The van der Waals surface area contributed by atoms with Crippen LogP contribution in [0.15, 0.2) is 17.3 Å². The van der Waals surface area contributed by atoms with Gasteiger partial charge in [-0.3, -0.25) is 5.10 Å². The molecule has 1 aromatic heterocycles. The molecule has 1 saturated heterocycles. The molecule has 0 amide bonds. The van der Waals surface area contributed by atoms with E-state index >= 15 is 0 Å². The Morgan fingerprint density at radius 1 is 1.50 bits per heavy atom. The van der Waals surface area contributed by atoms with Gasteiger partial charge in [-0.2, -0.15) is 5.10 Å². The first-order valence-corrected chi connectivity index (χ1v) is 7.85. The number of aromatic nitrogens is 2. The van der Waals surface area contributed by atoms with Gasteiger partial charge in [0.15, 0.2) is 5.96 Å². The largest absolute Gasteiger partial charge is 0.381 e. The number of aliphatic imine (C=N–C) groups is 1. The van der Waals surface area contributed by atoms with E-state index in [-0.39, 0.29) is 24.0 Å². The normalized spacial score (nSPS) is 16.2. The monoisotopic (exact) mass is 421 g/mol. The van der Waals surface area contributed by atoms with Crippen LogP contribution < -0.4 is 5.32 Å². The molecule has 126 valence electrons. The molecule has 0 aromatic carbocycles. The summed E-state index contributed by atoms with van der Waals surface area (Å²) in [6.45, 7) is 6.47. The second kappa shape index (κ2) is 10.8. The summed E-state index contributed by atoms with van der Waals surface area (Å²) in [5, 5.41) is 10.2. The van der Waals surface area contributed by atoms with Crippen molar-refractivity contribution in [3.8, 4) is 0 Å². The molecule has 2 rings (SSSR count). The molecule has 0 atom stereocenters. The summed E-state index contributed by atoms with van der Waals surface area (Å²) in [4.78, 5) is 6.87. The average molecular weight is 421 g/mol. The van der Waals surface area contributed by atoms with Crippen LogP contribution in [0.1, 0.15) is 31.9 Å². The maximum absolute atomic E-state index is 5.41. The highest BCUT2D eigenvalue weighted by atomic mass is 127. The Labute approximate surface area is 150 Å². The molecule has 22 heavy (non-hydrogen) atoms. The van der Waals surface area contributed by atoms with Gasteiger partial charge in [0.2, 0.25) is 0 Å². The highest BCUT2D eigenvalue weighted by Gasteiger charge is 2.15. The van der Waals surface area contributed by atoms with Gasteiger partial charge in [-0.15, -0.1) is 24.0 Å². The molecule has 0 bridgehead atoms. The standard InChI is InChI=1S/C15H27N5O.HI/c1-3-16-15(17-12-14-4-8-18-19-14)20(2)9-5-13-6-10-21-11-7-13;/h4,8,13H,3,5-7,9-12H2,1-2H3,(H,16,17)(H,18,19);1H. The van der Waals surface area contributed by atoms with Crippen molar-refractivity contribution in [2.75, 3.05) is 33.4 Å². The van der Waals surface area contributed by atoms with Crippen LogP contribution >= 0.6 is 24.0 Å². The Hall–Kier alpha value is -0.830. The third kappa shape index (κ3) is 6.51. The highest BCUT2D eigenvalue weighted by molar-refractivity contribution is 14.0. The van der Waals surface area contributed by atoms with Crippen molar-refractivity contribution in [3.63, 3.8) is 0 Å². The summed E-state index contributed by atoms with van der Waals surface area (Å²) in [6.07, 6.45) is 5.34. The first kappa shape index (κ1) is 19.2. The Kier molecular flexibility index (Phi) is 9.45. The van der Waals surface area contributed by atoms with Crippen LogP contribution in [0.3, 0.4) is 0 Å². The molecule has 0 radical (unpaired) electrons. The number of hydrogen-bond acceptors (Lipinski definition) is 3. The fourth-order valence-electron chi connectivity index (χ4n) is 2.52. The van der Waals surface area contributed by atoms with Crippen LogP contribution in [0, 0.1) is 5.92 Å². The zero-order valence-electron chi connectivity index (χ0n) is 13.5. The minimum absolute atomic E-state index is 0. The number of guanidine groups is 1. The maximum atomic E-state index is 5.41. The van der Waals surface area contributed by atoms with Crippen LogP contribution in [0.4, 0.5) is 0 Å². The second-order valence-corrected chi connectivity index (χ2v) is 5.52. The zero-order chi connectivity index (χ0) is 14.9. The van der Waals surface area contributed by atoms with E-state index in [1.807, 2.05) is 6.07 Å². The molecule has 0 saturated carbocycles. The van der Waals surface area contributed by atoms with Crippen LogP contribution in [-0.4, -0.2) is 54.4 Å². The van der Waals surface area contributed by atoms with Gasteiger partial charge in [-0.25, -0.2) is 4.99 Å². The lowest BCUT2D eigenvalue weighted by Crippen LogP contribution is -2.40. The lowest BCUT2D eigenvalue weighted by atomic mass is 9.96. The molecule has 1 aliphatic heterocycles. The molecule has 7 heteroatoms. The number of hydrogen-bond donors (Lipinski definition) is 2. The number of nitrogens with one attached hydrogen (secondary N) is 2. The summed E-state index contributed by atoms with van der Waals surface area (Å²) in [5.74, 6) is 1.75. The van der Waals surface area contributed by atoms with Crippen molar-refractivity contribution in [3.05, 3.63) is 18.0 Å². The topological polar surface area (TPSA) is 65.5 Å². The first-order chi connectivity index (χ1) is 10.3. The molecule has 2 heterocycles. The van der Waals surface area contributed by atoms with Crippen molar-refractivity contribution in [2.45, 2.75) is 32.7 Å². The van der Waals surface area contributed by atoms with E-state index in [1.165, 1.54) is 19.3 Å². The predicted octanol–water partition coefficient (Wildman–Crippen LogP) is 2.24. The molecule has 6 nitrogen and oxygen atoms in total. The van der Waals surface area contributed by atoms with Crippen LogP contribution in [0.2, 0.25) is 0 Å². The first-order valence-electron chi connectivity index (χ1n) is 7.85. The predicted molar refractivity (Wildman–Crippen MR) is 99.6 cm³/mol. The number of aromatic amines is 1. The quantitative estimate of drug-likeness (QED) is 0.420. The molecule has 1 fully saturated rings. The molecule has 1 aromatic rings. The molecule has 2 N–H and O–H groups in total. The Morgan fingerprint density at radius 3 is 2.91 bits per heavy atom. The van der Waals surface area contributed by atoms with E-state index in [1.54, 1.807) is 6.20 Å². The molecule has 0 aliphatic carbocycles. The Balaban J connectivity index is 0.00000242. The van der Waals surface area contributed by atoms with Crippen molar-refractivity contribution in [2.24, 2.45) is 10.9 Å². The maximum Gasteiger partial charge on any atom is 0.194 e. The Morgan fingerprint density at radius 2 is 2.27 bits per heavy atom. The van der Waals surface area contributed by atoms with Crippen molar-refractivity contribution >= 4 is 29.9 Å². The summed E-state index contributed by atoms with van der Waals surface area (Å²) in [7, 11) is 2.10. The van der Waals surface area contributed by atoms with Gasteiger partial charge in [0.1, 0.15) is 0 Å². The second-order valence-electron chi connectivity index (χ2n) is 5.52. The van der Waals surface area contributed by atoms with E-state index in [0.717, 1.165) is 43.9 Å². The van der Waals surface area contributed by atoms with E-state index in [2.05, 4.69) is 39.4 Å². The highest BCUT2D eigenvalue weighted by Crippen LogP contribution is 2.18. The van der Waals surface area contributed by atoms with E-state index < -0.39 is 0 Å².